The third-order valence-electron chi connectivity index (χ3n) is 4.70. The second kappa shape index (κ2) is 10.8. The molecule has 0 heterocycles. The van der Waals surface area contributed by atoms with E-state index in [1.165, 1.54) is 23.1 Å². The Labute approximate surface area is 193 Å². The Hall–Kier alpha value is -2.08. The van der Waals surface area contributed by atoms with Gasteiger partial charge in [-0.05, 0) is 79.7 Å². The van der Waals surface area contributed by atoms with Crippen LogP contribution in [-0.2, 0) is 11.2 Å². The van der Waals surface area contributed by atoms with E-state index < -0.39 is 0 Å². The zero-order chi connectivity index (χ0) is 21.5. The van der Waals surface area contributed by atoms with Crippen molar-refractivity contribution in [3.05, 3.63) is 88.4 Å². The monoisotopic (exact) mass is 456 g/mol. The first-order valence-corrected chi connectivity index (χ1v) is 11.3. The van der Waals surface area contributed by atoms with E-state index in [2.05, 4.69) is 49.1 Å². The van der Waals surface area contributed by atoms with Crippen molar-refractivity contribution in [3.8, 4) is 0 Å². The second-order valence-corrected chi connectivity index (χ2v) is 9.11. The fraction of sp³-hybridized carbons (Fsp3) is 0.208. The van der Waals surface area contributed by atoms with Crippen molar-refractivity contribution in [1.29, 1.82) is 0 Å². The average Bonchev–Trinajstić information content (AvgIpc) is 2.73. The third-order valence-corrected chi connectivity index (χ3v) is 6.44. The number of benzene rings is 3. The summed E-state index contributed by atoms with van der Waals surface area (Å²) in [5.41, 5.74) is 4.27. The van der Waals surface area contributed by atoms with Gasteiger partial charge < -0.3 is 9.62 Å². The summed E-state index contributed by atoms with van der Waals surface area (Å²) in [6, 6.07) is 22.0. The Balaban J connectivity index is 1.68. The minimum atomic E-state index is -0.0280. The van der Waals surface area contributed by atoms with E-state index in [0.29, 0.717) is 11.6 Å². The SMILES string of the molecule is Cc1ccc(SN(CC(=O)NCCc2ccc(S)cc2)c2cccc(Cl)c2C)cc1. The first-order valence-electron chi connectivity index (χ1n) is 9.74. The number of rotatable bonds is 8. The van der Waals surface area contributed by atoms with Gasteiger partial charge in [-0.3, -0.25) is 4.79 Å². The maximum atomic E-state index is 12.7. The number of amides is 1. The van der Waals surface area contributed by atoms with E-state index in [1.807, 2.05) is 53.7 Å². The van der Waals surface area contributed by atoms with Gasteiger partial charge in [-0.15, -0.1) is 12.6 Å². The highest BCUT2D eigenvalue weighted by Gasteiger charge is 2.16. The maximum Gasteiger partial charge on any atom is 0.240 e. The summed E-state index contributed by atoms with van der Waals surface area (Å²) < 4.78 is 2.00. The summed E-state index contributed by atoms with van der Waals surface area (Å²) >= 11 is 12.2. The van der Waals surface area contributed by atoms with Crippen molar-refractivity contribution in [1.82, 2.24) is 5.32 Å². The predicted octanol–water partition coefficient (Wildman–Crippen LogP) is 6.12. The number of halogens is 1. The summed E-state index contributed by atoms with van der Waals surface area (Å²) in [5, 5.41) is 3.72. The van der Waals surface area contributed by atoms with Gasteiger partial charge in [-0.2, -0.15) is 0 Å². The summed E-state index contributed by atoms with van der Waals surface area (Å²) in [6.45, 7) is 4.85. The standard InChI is InChI=1S/C24H25ClN2OS2/c1-17-6-12-21(13-7-17)30-27(23-5-3-4-22(25)18(23)2)16-24(28)26-15-14-19-8-10-20(29)11-9-19/h3-13,29H,14-16H2,1-2H3,(H,26,28). The molecule has 1 N–H and O–H groups in total. The van der Waals surface area contributed by atoms with Crippen molar-refractivity contribution in [2.45, 2.75) is 30.1 Å². The summed E-state index contributed by atoms with van der Waals surface area (Å²) in [4.78, 5) is 14.7. The first kappa shape index (κ1) is 22.6. The second-order valence-electron chi connectivity index (χ2n) is 7.09. The number of hydrogen-bond acceptors (Lipinski definition) is 4. The van der Waals surface area contributed by atoms with Crippen LogP contribution in [0.4, 0.5) is 5.69 Å². The molecular formula is C24H25ClN2OS2. The Bertz CT molecular complexity index is 991. The largest absolute Gasteiger partial charge is 0.354 e. The van der Waals surface area contributed by atoms with Crippen LogP contribution in [0.2, 0.25) is 5.02 Å². The number of carbonyl (C=O) groups excluding carboxylic acids is 1. The van der Waals surface area contributed by atoms with Crippen LogP contribution >= 0.6 is 36.2 Å². The van der Waals surface area contributed by atoms with Gasteiger partial charge in [0.05, 0.1) is 5.69 Å². The van der Waals surface area contributed by atoms with Crippen molar-refractivity contribution in [2.24, 2.45) is 0 Å². The molecule has 156 valence electrons. The van der Waals surface area contributed by atoms with Crippen LogP contribution in [0, 0.1) is 13.8 Å². The number of carbonyl (C=O) groups is 1. The van der Waals surface area contributed by atoms with Crippen LogP contribution in [0.1, 0.15) is 16.7 Å². The number of nitrogens with zero attached hydrogens (tertiary/aromatic N) is 1. The molecule has 0 atom stereocenters. The topological polar surface area (TPSA) is 32.3 Å². The molecular weight excluding hydrogens is 432 g/mol. The maximum absolute atomic E-state index is 12.7. The fourth-order valence-electron chi connectivity index (χ4n) is 2.95. The zero-order valence-corrected chi connectivity index (χ0v) is 19.5. The van der Waals surface area contributed by atoms with Gasteiger partial charge in [-0.25, -0.2) is 0 Å². The van der Waals surface area contributed by atoms with E-state index >= 15 is 0 Å². The van der Waals surface area contributed by atoms with Crippen molar-refractivity contribution in [2.75, 3.05) is 17.4 Å². The highest BCUT2D eigenvalue weighted by molar-refractivity contribution is 8.00. The van der Waals surface area contributed by atoms with Crippen molar-refractivity contribution in [3.63, 3.8) is 0 Å². The highest BCUT2D eigenvalue weighted by atomic mass is 35.5. The normalized spacial score (nSPS) is 10.7. The Morgan fingerprint density at radius 1 is 1.03 bits per heavy atom. The minimum absolute atomic E-state index is 0.0280. The highest BCUT2D eigenvalue weighted by Crippen LogP contribution is 2.34. The molecule has 0 aliphatic heterocycles. The van der Waals surface area contributed by atoms with Crippen LogP contribution in [0.3, 0.4) is 0 Å². The van der Waals surface area contributed by atoms with Crippen LogP contribution < -0.4 is 9.62 Å². The van der Waals surface area contributed by atoms with Gasteiger partial charge >= 0.3 is 0 Å². The average molecular weight is 457 g/mol. The lowest BCUT2D eigenvalue weighted by Gasteiger charge is -2.25. The van der Waals surface area contributed by atoms with Crippen LogP contribution in [0.25, 0.3) is 0 Å². The van der Waals surface area contributed by atoms with Gasteiger partial charge in [0.1, 0.15) is 6.54 Å². The predicted molar refractivity (Wildman–Crippen MR) is 131 cm³/mol. The number of anilines is 1. The van der Waals surface area contributed by atoms with E-state index in [4.69, 9.17) is 11.6 Å². The van der Waals surface area contributed by atoms with E-state index in [1.54, 1.807) is 0 Å². The number of thiol groups is 1. The molecule has 30 heavy (non-hydrogen) atoms. The molecule has 0 aliphatic rings. The van der Waals surface area contributed by atoms with Crippen molar-refractivity contribution >= 4 is 47.8 Å². The number of hydrogen-bond donors (Lipinski definition) is 2. The van der Waals surface area contributed by atoms with Gasteiger partial charge in [0.25, 0.3) is 0 Å². The minimum Gasteiger partial charge on any atom is -0.354 e. The van der Waals surface area contributed by atoms with Gasteiger partial charge in [0.2, 0.25) is 5.91 Å². The molecule has 0 saturated heterocycles. The summed E-state index contributed by atoms with van der Waals surface area (Å²) in [5.74, 6) is -0.0280. The molecule has 3 aromatic rings. The lowest BCUT2D eigenvalue weighted by Crippen LogP contribution is -2.35. The van der Waals surface area contributed by atoms with Crippen molar-refractivity contribution < 1.29 is 4.79 Å². The molecule has 0 spiro atoms. The van der Waals surface area contributed by atoms with E-state index in [-0.39, 0.29) is 12.5 Å². The molecule has 0 aromatic heterocycles. The van der Waals surface area contributed by atoms with E-state index in [9.17, 15) is 4.79 Å². The molecule has 3 rings (SSSR count). The van der Waals surface area contributed by atoms with Gasteiger partial charge in [0.15, 0.2) is 0 Å². The fourth-order valence-corrected chi connectivity index (χ4v) is 4.26. The molecule has 0 bridgehead atoms. The van der Waals surface area contributed by atoms with Gasteiger partial charge in [0, 0.05) is 21.4 Å². The Morgan fingerprint density at radius 2 is 1.73 bits per heavy atom. The molecule has 0 radical (unpaired) electrons. The van der Waals surface area contributed by atoms with Gasteiger partial charge in [-0.1, -0.05) is 47.5 Å². The summed E-state index contributed by atoms with van der Waals surface area (Å²) in [6.07, 6.45) is 0.779. The summed E-state index contributed by atoms with van der Waals surface area (Å²) in [7, 11) is 0. The van der Waals surface area contributed by atoms with Crippen LogP contribution in [0.15, 0.2) is 76.5 Å². The molecule has 1 amide bonds. The van der Waals surface area contributed by atoms with Crippen LogP contribution in [-0.4, -0.2) is 19.0 Å². The lowest BCUT2D eigenvalue weighted by atomic mass is 10.1. The molecule has 0 saturated carbocycles. The lowest BCUT2D eigenvalue weighted by molar-refractivity contribution is -0.119. The molecule has 3 nitrogen and oxygen atoms in total. The molecule has 6 heteroatoms. The molecule has 0 unspecified atom stereocenters. The molecule has 0 aliphatic carbocycles. The quantitative estimate of drug-likeness (QED) is 0.316. The Morgan fingerprint density at radius 3 is 2.43 bits per heavy atom. The number of nitrogens with one attached hydrogen (secondary N) is 1. The Kier molecular flexibility index (Phi) is 8.14. The van der Waals surface area contributed by atoms with E-state index in [0.717, 1.165) is 27.5 Å². The smallest absolute Gasteiger partial charge is 0.240 e. The zero-order valence-electron chi connectivity index (χ0n) is 17.1. The molecule has 3 aromatic carbocycles. The molecule has 0 fully saturated rings. The third kappa shape index (κ3) is 6.46. The first-order chi connectivity index (χ1) is 14.4. The number of aryl methyl sites for hydroxylation is 1. The van der Waals surface area contributed by atoms with Crippen LogP contribution in [0.5, 0.6) is 0 Å².